The van der Waals surface area contributed by atoms with Gasteiger partial charge < -0.3 is 10.1 Å². The lowest BCUT2D eigenvalue weighted by atomic mass is 9.97. The molecule has 0 atom stereocenters. The number of Topliss-reactive ketones (excluding diaryl/α,β-unsaturated/α-hetero) is 1. The number of carbonyl (C=O) groups excluding carboxylic acids is 1. The van der Waals surface area contributed by atoms with Crippen LogP contribution in [0.5, 0.6) is 0 Å². The molecule has 0 unspecified atom stereocenters. The summed E-state index contributed by atoms with van der Waals surface area (Å²) in [4.78, 5) is 33.1. The summed E-state index contributed by atoms with van der Waals surface area (Å²) in [6.07, 6.45) is 0. The Bertz CT molecular complexity index is 1240. The van der Waals surface area contributed by atoms with E-state index in [4.69, 9.17) is 0 Å². The Morgan fingerprint density at radius 2 is 1.36 bits per heavy atom. The molecular formula is C23H16N2O3. The van der Waals surface area contributed by atoms with Crippen LogP contribution in [0.2, 0.25) is 0 Å². The summed E-state index contributed by atoms with van der Waals surface area (Å²) >= 11 is 0. The van der Waals surface area contributed by atoms with Crippen LogP contribution in [0, 0.1) is 0 Å². The summed E-state index contributed by atoms with van der Waals surface area (Å²) in [5, 5.41) is 10.9. The second kappa shape index (κ2) is 7.32. The van der Waals surface area contributed by atoms with Gasteiger partial charge in [-0.3, -0.25) is 9.59 Å². The number of nitrogens with one attached hydrogen (secondary N) is 1. The predicted octanol–water partition coefficient (Wildman–Crippen LogP) is 4.23. The van der Waals surface area contributed by atoms with E-state index in [1.54, 1.807) is 84.9 Å². The Labute approximate surface area is 160 Å². The minimum absolute atomic E-state index is 0.117. The molecule has 1 heterocycles. The Balaban J connectivity index is 2.00. The fourth-order valence-electron chi connectivity index (χ4n) is 3.00. The molecule has 5 heteroatoms. The van der Waals surface area contributed by atoms with E-state index < -0.39 is 11.3 Å². The molecule has 0 fully saturated rings. The molecule has 136 valence electrons. The number of rotatable bonds is 4. The van der Waals surface area contributed by atoms with Gasteiger partial charge in [0.1, 0.15) is 11.5 Å². The Hall–Kier alpha value is -3.99. The van der Waals surface area contributed by atoms with Crippen LogP contribution in [0.4, 0.5) is 0 Å². The normalized spacial score (nSPS) is 11.9. The molecule has 4 aromatic rings. The van der Waals surface area contributed by atoms with Gasteiger partial charge in [0.05, 0.1) is 16.6 Å². The van der Waals surface area contributed by atoms with Crippen LogP contribution < -0.4 is 5.56 Å². The molecule has 4 rings (SSSR count). The van der Waals surface area contributed by atoms with E-state index in [1.165, 1.54) is 0 Å². The predicted molar refractivity (Wildman–Crippen MR) is 109 cm³/mol. The van der Waals surface area contributed by atoms with E-state index in [9.17, 15) is 14.7 Å². The third-order valence-corrected chi connectivity index (χ3v) is 4.38. The molecule has 3 aromatic carbocycles. The molecule has 0 aliphatic rings. The Morgan fingerprint density at radius 3 is 2.04 bits per heavy atom. The van der Waals surface area contributed by atoms with E-state index >= 15 is 0 Å². The first kappa shape index (κ1) is 17.4. The number of nitrogens with zero attached hydrogens (tertiary/aromatic N) is 1. The molecule has 0 aliphatic carbocycles. The van der Waals surface area contributed by atoms with Gasteiger partial charge >= 0.3 is 0 Å². The van der Waals surface area contributed by atoms with E-state index in [2.05, 4.69) is 9.97 Å². The van der Waals surface area contributed by atoms with Crippen LogP contribution in [0.1, 0.15) is 21.6 Å². The van der Waals surface area contributed by atoms with Gasteiger partial charge in [-0.25, -0.2) is 4.98 Å². The fraction of sp³-hybridized carbons (Fsp3) is 0. The summed E-state index contributed by atoms with van der Waals surface area (Å²) in [6, 6.07) is 24.2. The van der Waals surface area contributed by atoms with Crippen molar-refractivity contribution in [1.29, 1.82) is 0 Å². The van der Waals surface area contributed by atoms with Crippen molar-refractivity contribution in [2.45, 2.75) is 0 Å². The molecule has 0 spiro atoms. The number of aromatic nitrogens is 2. The average molecular weight is 368 g/mol. The molecule has 0 saturated heterocycles. The van der Waals surface area contributed by atoms with Gasteiger partial charge in [0, 0.05) is 11.1 Å². The van der Waals surface area contributed by atoms with Crippen molar-refractivity contribution in [2.75, 3.05) is 0 Å². The number of benzene rings is 3. The monoisotopic (exact) mass is 368 g/mol. The number of allylic oxidation sites excluding steroid dienone is 1. The largest absolute Gasteiger partial charge is 0.506 e. The zero-order valence-electron chi connectivity index (χ0n) is 14.8. The number of aliphatic hydroxyl groups is 1. The lowest BCUT2D eigenvalue weighted by Gasteiger charge is -2.11. The van der Waals surface area contributed by atoms with Crippen molar-refractivity contribution in [3.8, 4) is 0 Å². The van der Waals surface area contributed by atoms with Crippen LogP contribution in [-0.4, -0.2) is 20.9 Å². The van der Waals surface area contributed by atoms with Gasteiger partial charge in [-0.2, -0.15) is 0 Å². The Kier molecular flexibility index (Phi) is 4.56. The highest BCUT2D eigenvalue weighted by atomic mass is 16.3. The van der Waals surface area contributed by atoms with Gasteiger partial charge in [0.2, 0.25) is 0 Å². The van der Waals surface area contributed by atoms with E-state index in [-0.39, 0.29) is 17.0 Å². The van der Waals surface area contributed by atoms with E-state index in [1.807, 2.05) is 0 Å². The van der Waals surface area contributed by atoms with Crippen LogP contribution >= 0.6 is 0 Å². The second-order valence-corrected chi connectivity index (χ2v) is 6.22. The maximum absolute atomic E-state index is 13.2. The molecule has 2 N–H and O–H groups in total. The quantitative estimate of drug-likeness (QED) is 0.321. The van der Waals surface area contributed by atoms with Gasteiger partial charge in [0.25, 0.3) is 5.56 Å². The van der Waals surface area contributed by atoms with Crippen molar-refractivity contribution >= 4 is 28.1 Å². The maximum Gasteiger partial charge on any atom is 0.275 e. The first-order valence-corrected chi connectivity index (χ1v) is 8.73. The zero-order chi connectivity index (χ0) is 19.5. The zero-order valence-corrected chi connectivity index (χ0v) is 14.8. The van der Waals surface area contributed by atoms with Gasteiger partial charge in [-0.05, 0) is 12.1 Å². The summed E-state index contributed by atoms with van der Waals surface area (Å²) in [5.41, 5.74) is 1.07. The van der Waals surface area contributed by atoms with Gasteiger partial charge in [0.15, 0.2) is 5.78 Å². The summed E-state index contributed by atoms with van der Waals surface area (Å²) < 4.78 is 0. The lowest BCUT2D eigenvalue weighted by molar-refractivity contribution is 0.105. The molecule has 5 nitrogen and oxygen atoms in total. The SMILES string of the molecule is O=C(/C(=C(/O)c1ccccc1)c1nc2ccccc2[nH]c1=O)c1ccccc1. The van der Waals surface area contributed by atoms with Crippen LogP contribution in [0.15, 0.2) is 89.7 Å². The first-order chi connectivity index (χ1) is 13.6. The number of aliphatic hydroxyl groups excluding tert-OH is 1. The van der Waals surface area contributed by atoms with Gasteiger partial charge in [-0.1, -0.05) is 72.8 Å². The summed E-state index contributed by atoms with van der Waals surface area (Å²) in [5.74, 6) is -0.766. The number of ketones is 1. The van der Waals surface area contributed by atoms with Crippen molar-refractivity contribution in [3.05, 3.63) is 112 Å². The summed E-state index contributed by atoms with van der Waals surface area (Å²) in [7, 11) is 0. The first-order valence-electron chi connectivity index (χ1n) is 8.73. The third kappa shape index (κ3) is 3.21. The molecule has 0 radical (unpaired) electrons. The maximum atomic E-state index is 13.2. The molecule has 0 bridgehead atoms. The number of hydrogen-bond donors (Lipinski definition) is 2. The molecule has 0 saturated carbocycles. The molecule has 0 amide bonds. The number of aromatic amines is 1. The highest BCUT2D eigenvalue weighted by Gasteiger charge is 2.24. The molecule has 0 aliphatic heterocycles. The minimum Gasteiger partial charge on any atom is -0.506 e. The smallest absolute Gasteiger partial charge is 0.275 e. The average Bonchev–Trinajstić information content (AvgIpc) is 2.75. The molecule has 28 heavy (non-hydrogen) atoms. The number of hydrogen-bond acceptors (Lipinski definition) is 4. The standard InChI is InChI=1S/C23H16N2O3/c26-21(15-9-3-1-4-10-15)19(22(27)16-11-5-2-6-12-16)20-23(28)25-18-14-8-7-13-17(18)24-20/h1-14,26H,(H,25,28)/b21-19+. The molecule has 1 aromatic heterocycles. The topological polar surface area (TPSA) is 83.0 Å². The number of fused-ring (bicyclic) bond motifs is 1. The third-order valence-electron chi connectivity index (χ3n) is 4.38. The van der Waals surface area contributed by atoms with E-state index in [0.717, 1.165) is 0 Å². The Morgan fingerprint density at radius 1 is 0.786 bits per heavy atom. The van der Waals surface area contributed by atoms with Crippen LogP contribution in [-0.2, 0) is 0 Å². The van der Waals surface area contributed by atoms with Crippen LogP contribution in [0.3, 0.4) is 0 Å². The lowest BCUT2D eigenvalue weighted by Crippen LogP contribution is -2.19. The summed E-state index contributed by atoms with van der Waals surface area (Å²) in [6.45, 7) is 0. The van der Waals surface area contributed by atoms with Gasteiger partial charge in [-0.15, -0.1) is 0 Å². The van der Waals surface area contributed by atoms with Crippen molar-refractivity contribution in [3.63, 3.8) is 0 Å². The minimum atomic E-state index is -0.541. The van der Waals surface area contributed by atoms with Crippen molar-refractivity contribution in [2.24, 2.45) is 0 Å². The highest BCUT2D eigenvalue weighted by Crippen LogP contribution is 2.26. The highest BCUT2D eigenvalue weighted by molar-refractivity contribution is 6.33. The van der Waals surface area contributed by atoms with Crippen molar-refractivity contribution in [1.82, 2.24) is 9.97 Å². The van der Waals surface area contributed by atoms with E-state index in [0.29, 0.717) is 22.2 Å². The number of carbonyl (C=O) groups is 1. The number of para-hydroxylation sites is 2. The molecular weight excluding hydrogens is 352 g/mol. The second-order valence-electron chi connectivity index (χ2n) is 6.22. The number of H-pyrrole nitrogens is 1. The fourth-order valence-corrected chi connectivity index (χ4v) is 3.00. The van der Waals surface area contributed by atoms with Crippen LogP contribution in [0.25, 0.3) is 22.4 Å². The van der Waals surface area contributed by atoms with Crippen molar-refractivity contribution < 1.29 is 9.90 Å².